The molecular weight excluding hydrogens is 437 g/mol. The number of nitrogens with zero attached hydrogens (tertiary/aromatic N) is 2. The van der Waals surface area contributed by atoms with Gasteiger partial charge in [0.15, 0.2) is 6.23 Å². The maximum atomic E-state index is 12.5. The highest BCUT2D eigenvalue weighted by Crippen LogP contribution is 2.40. The summed E-state index contributed by atoms with van der Waals surface area (Å²) in [6, 6.07) is 0. The van der Waals surface area contributed by atoms with Gasteiger partial charge in [-0.25, -0.2) is 4.79 Å². The van der Waals surface area contributed by atoms with E-state index in [0.717, 1.165) is 11.2 Å². The maximum absolute atomic E-state index is 12.5. The quantitative estimate of drug-likeness (QED) is 0.287. The normalized spacial score (nSPS) is 26.2. The van der Waals surface area contributed by atoms with Gasteiger partial charge in [-0.05, 0) is 6.92 Å². The number of aromatic nitrogens is 2. The van der Waals surface area contributed by atoms with Crippen molar-refractivity contribution in [2.75, 3.05) is 12.0 Å². The maximum Gasteiger partial charge on any atom is 0.351 e. The van der Waals surface area contributed by atoms with Crippen LogP contribution >= 0.6 is 7.60 Å². The Morgan fingerprint density at radius 3 is 2.55 bits per heavy atom. The second-order valence-corrected chi connectivity index (χ2v) is 9.08. The highest BCUT2D eigenvalue weighted by Gasteiger charge is 2.45. The van der Waals surface area contributed by atoms with E-state index in [2.05, 4.69) is 10.3 Å². The van der Waals surface area contributed by atoms with Crippen LogP contribution in [0, 0.1) is 0 Å². The Hall–Kier alpha value is -2.15. The van der Waals surface area contributed by atoms with E-state index in [-0.39, 0.29) is 24.4 Å². The third-order valence-corrected chi connectivity index (χ3v) is 5.05. The van der Waals surface area contributed by atoms with Gasteiger partial charge in [-0.15, -0.1) is 0 Å². The molecule has 1 saturated heterocycles. The lowest BCUT2D eigenvalue weighted by Crippen LogP contribution is -2.36. The minimum absolute atomic E-state index is 0.0421. The fourth-order valence-electron chi connectivity index (χ4n) is 3.11. The predicted molar refractivity (Wildman–Crippen MR) is 105 cm³/mol. The minimum atomic E-state index is -3.78. The highest BCUT2D eigenvalue weighted by molar-refractivity contribution is 7.51. The van der Waals surface area contributed by atoms with Crippen molar-refractivity contribution in [2.45, 2.75) is 64.4 Å². The van der Waals surface area contributed by atoms with Gasteiger partial charge in [-0.3, -0.25) is 18.7 Å². The van der Waals surface area contributed by atoms with Gasteiger partial charge in [-0.2, -0.15) is 4.98 Å². The Balaban J connectivity index is 2.30. The summed E-state index contributed by atoms with van der Waals surface area (Å²) < 4.78 is 27.8. The van der Waals surface area contributed by atoms with Crippen LogP contribution in [0.3, 0.4) is 0 Å². The number of carbonyl (C=O) groups excluding carboxylic acids is 2. The first-order valence-electron chi connectivity index (χ1n) is 9.31. The summed E-state index contributed by atoms with van der Waals surface area (Å²) in [7, 11) is -3.78. The summed E-state index contributed by atoms with van der Waals surface area (Å²) in [6.45, 7) is 4.57. The monoisotopic (exact) mass is 463 g/mol. The third-order valence-electron chi connectivity index (χ3n) is 4.30. The first kappa shape index (κ1) is 25.1. The molecule has 1 fully saturated rings. The van der Waals surface area contributed by atoms with Gasteiger partial charge < -0.3 is 34.4 Å². The zero-order valence-electron chi connectivity index (χ0n) is 17.4. The van der Waals surface area contributed by atoms with Gasteiger partial charge in [0.1, 0.15) is 24.6 Å². The van der Waals surface area contributed by atoms with Crippen LogP contribution in [-0.2, 0) is 34.8 Å². The Morgan fingerprint density at radius 2 is 2.00 bits per heavy atom. The molecule has 0 spiro atoms. The molecule has 0 radical (unpaired) electrons. The number of aliphatic hydroxyl groups excluding tert-OH is 2. The molecule has 174 valence electrons. The molecule has 4 N–H and O–H groups in total. The van der Waals surface area contributed by atoms with Gasteiger partial charge in [0.05, 0.1) is 12.2 Å². The molecule has 0 bridgehead atoms. The molecule has 3 unspecified atom stereocenters. The molecule has 0 aromatic carbocycles. The number of carbonyl (C=O) groups is 2. The molecular formula is C17H26N3O10P. The Kier molecular flexibility index (Phi) is 8.09. The number of anilines is 1. The standard InChI is InChI=1S/C17H26N3O10P/c1-8(30-31(4,26)27)5-12-13(23)14(24)16(29-12)20-6-11(7-28-10(3)22)15(18-9(2)21)19-17(20)25/h6,8,12-14,16,23-24H,5,7H2,1-4H3,(H,26,27)(H,18,19,21,25)/t8?,12-,13-,14-,16?/m1/s1. The number of ether oxygens (including phenoxy) is 2. The number of amides is 1. The van der Waals surface area contributed by atoms with Crippen LogP contribution in [0.1, 0.15) is 39.0 Å². The largest absolute Gasteiger partial charge is 0.461 e. The number of hydrogen-bond donors (Lipinski definition) is 4. The zero-order valence-corrected chi connectivity index (χ0v) is 18.3. The van der Waals surface area contributed by atoms with Crippen molar-refractivity contribution in [3.05, 3.63) is 22.2 Å². The smallest absolute Gasteiger partial charge is 0.351 e. The molecule has 0 saturated carbocycles. The number of aliphatic hydroxyl groups is 2. The average Bonchev–Trinajstić information content (AvgIpc) is 2.87. The zero-order chi connectivity index (χ0) is 23.5. The fourth-order valence-corrected chi connectivity index (χ4v) is 3.86. The Morgan fingerprint density at radius 1 is 1.35 bits per heavy atom. The summed E-state index contributed by atoms with van der Waals surface area (Å²) in [6.07, 6.45) is -4.96. The first-order chi connectivity index (χ1) is 14.3. The van der Waals surface area contributed by atoms with E-state index in [1.54, 1.807) is 0 Å². The van der Waals surface area contributed by atoms with Gasteiger partial charge >= 0.3 is 19.3 Å². The molecule has 1 aliphatic rings. The van der Waals surface area contributed by atoms with Crippen molar-refractivity contribution in [1.82, 2.24) is 9.55 Å². The fraction of sp³-hybridized carbons (Fsp3) is 0.647. The molecule has 13 nitrogen and oxygen atoms in total. The van der Waals surface area contributed by atoms with Crippen molar-refractivity contribution in [1.29, 1.82) is 0 Å². The number of hydrogen-bond acceptors (Lipinski definition) is 10. The molecule has 14 heteroatoms. The molecule has 6 atom stereocenters. The van der Waals surface area contributed by atoms with Crippen LogP contribution in [0.5, 0.6) is 0 Å². The Labute approximate surface area is 177 Å². The van der Waals surface area contributed by atoms with E-state index < -0.39 is 55.8 Å². The predicted octanol–water partition coefficient (Wildman–Crippen LogP) is -0.506. The van der Waals surface area contributed by atoms with Gasteiger partial charge in [-0.1, -0.05) is 0 Å². The molecule has 2 rings (SSSR count). The summed E-state index contributed by atoms with van der Waals surface area (Å²) in [5.41, 5.74) is -0.743. The molecule has 1 amide bonds. The summed E-state index contributed by atoms with van der Waals surface area (Å²) >= 11 is 0. The lowest BCUT2D eigenvalue weighted by Gasteiger charge is -2.21. The second kappa shape index (κ2) is 9.98. The van der Waals surface area contributed by atoms with E-state index in [0.29, 0.717) is 0 Å². The molecule has 31 heavy (non-hydrogen) atoms. The highest BCUT2D eigenvalue weighted by atomic mass is 31.2. The van der Waals surface area contributed by atoms with E-state index in [4.69, 9.17) is 14.0 Å². The van der Waals surface area contributed by atoms with Crippen molar-refractivity contribution < 1.29 is 43.3 Å². The first-order valence-corrected chi connectivity index (χ1v) is 11.3. The van der Waals surface area contributed by atoms with Crippen LogP contribution in [0.15, 0.2) is 11.0 Å². The number of nitrogens with one attached hydrogen (secondary N) is 1. The lowest BCUT2D eigenvalue weighted by atomic mass is 10.1. The molecule has 0 aliphatic carbocycles. The average molecular weight is 463 g/mol. The SMILES string of the molecule is CC(=O)Nc1nc(=O)n(C2O[C@H](CC(C)OP(C)(=O)O)[C@@H](O)[C@H]2O)cc1COC(C)=O. The van der Waals surface area contributed by atoms with E-state index in [1.807, 2.05) is 0 Å². The van der Waals surface area contributed by atoms with Gasteiger partial charge in [0.25, 0.3) is 0 Å². The number of esters is 1. The molecule has 1 aromatic heterocycles. The van der Waals surface area contributed by atoms with Crippen molar-refractivity contribution >= 4 is 25.3 Å². The summed E-state index contributed by atoms with van der Waals surface area (Å²) in [5.74, 6) is -1.24. The minimum Gasteiger partial charge on any atom is -0.461 e. The van der Waals surface area contributed by atoms with E-state index in [9.17, 15) is 34.1 Å². The van der Waals surface area contributed by atoms with Crippen molar-refractivity contribution in [3.8, 4) is 0 Å². The summed E-state index contributed by atoms with van der Waals surface area (Å²) in [5, 5.41) is 23.1. The van der Waals surface area contributed by atoms with Crippen LogP contribution in [0.25, 0.3) is 0 Å². The topological polar surface area (TPSA) is 187 Å². The van der Waals surface area contributed by atoms with Gasteiger partial charge in [0.2, 0.25) is 5.91 Å². The van der Waals surface area contributed by atoms with E-state index in [1.165, 1.54) is 27.0 Å². The lowest BCUT2D eigenvalue weighted by molar-refractivity contribution is -0.142. The molecule has 1 aromatic rings. The van der Waals surface area contributed by atoms with Crippen LogP contribution in [-0.4, -0.2) is 67.6 Å². The molecule has 2 heterocycles. The van der Waals surface area contributed by atoms with Crippen LogP contribution < -0.4 is 11.0 Å². The number of rotatable bonds is 8. The van der Waals surface area contributed by atoms with E-state index >= 15 is 0 Å². The second-order valence-electron chi connectivity index (χ2n) is 7.27. The van der Waals surface area contributed by atoms with Crippen molar-refractivity contribution in [3.63, 3.8) is 0 Å². The van der Waals surface area contributed by atoms with Crippen LogP contribution in [0.2, 0.25) is 0 Å². The van der Waals surface area contributed by atoms with Crippen LogP contribution in [0.4, 0.5) is 5.82 Å². The van der Waals surface area contributed by atoms with Gasteiger partial charge in [0, 0.05) is 38.7 Å². The summed E-state index contributed by atoms with van der Waals surface area (Å²) in [4.78, 5) is 48.1. The third kappa shape index (κ3) is 6.92. The Bertz CT molecular complexity index is 929. The van der Waals surface area contributed by atoms with Crippen molar-refractivity contribution in [2.24, 2.45) is 0 Å². The molecule has 1 aliphatic heterocycles.